The summed E-state index contributed by atoms with van der Waals surface area (Å²) in [5.74, 6) is 0.378. The van der Waals surface area contributed by atoms with Crippen LogP contribution in [-0.4, -0.2) is 17.1 Å². The Bertz CT molecular complexity index is 383. The Balaban J connectivity index is 1.94. The third-order valence-corrected chi connectivity index (χ3v) is 3.05. The second kappa shape index (κ2) is 5.14. The number of hydrogen-bond donors (Lipinski definition) is 1. The normalized spacial score (nSPS) is 24.9. The maximum Gasteiger partial charge on any atom is 0.433 e. The van der Waals surface area contributed by atoms with Gasteiger partial charge in [0.05, 0.1) is 12.3 Å². The molecule has 0 aromatic carbocycles. The maximum atomic E-state index is 12.3. The Hall–Kier alpha value is -1.30. The van der Waals surface area contributed by atoms with Gasteiger partial charge in [-0.15, -0.1) is 0 Å². The van der Waals surface area contributed by atoms with Crippen molar-refractivity contribution in [2.24, 2.45) is 5.73 Å². The van der Waals surface area contributed by atoms with Crippen LogP contribution in [0, 0.1) is 0 Å². The van der Waals surface area contributed by atoms with Gasteiger partial charge >= 0.3 is 6.18 Å². The first-order valence-electron chi connectivity index (χ1n) is 5.90. The zero-order valence-electron chi connectivity index (χ0n) is 9.78. The highest BCUT2D eigenvalue weighted by molar-refractivity contribution is 5.21. The van der Waals surface area contributed by atoms with Gasteiger partial charge in [-0.3, -0.25) is 0 Å². The topological polar surface area (TPSA) is 48.1 Å². The predicted octanol–water partition coefficient (Wildman–Crippen LogP) is 2.75. The average Bonchev–Trinajstić information content (AvgIpc) is 2.32. The molecule has 18 heavy (non-hydrogen) atoms. The largest absolute Gasteiger partial charge is 0.489 e. The summed E-state index contributed by atoms with van der Waals surface area (Å²) in [6, 6.07) is 2.46. The van der Waals surface area contributed by atoms with Crippen LogP contribution in [0.25, 0.3) is 0 Å². The standard InChI is InChI=1S/C12H15F3N2O/c13-12(14,15)11-6-5-10(7-17-11)18-9-3-1-8(16)2-4-9/h5-9H,1-4,16H2. The molecule has 1 aromatic heterocycles. The lowest BCUT2D eigenvalue weighted by atomic mass is 9.94. The Labute approximate surface area is 103 Å². The molecule has 1 aliphatic rings. The molecule has 1 saturated carbocycles. The van der Waals surface area contributed by atoms with E-state index >= 15 is 0 Å². The first kappa shape index (κ1) is 13.1. The van der Waals surface area contributed by atoms with Gasteiger partial charge in [0.15, 0.2) is 0 Å². The summed E-state index contributed by atoms with van der Waals surface area (Å²) >= 11 is 0. The van der Waals surface area contributed by atoms with Crippen molar-refractivity contribution in [2.75, 3.05) is 0 Å². The van der Waals surface area contributed by atoms with Crippen molar-refractivity contribution in [2.45, 2.75) is 44.0 Å². The molecule has 0 amide bonds. The van der Waals surface area contributed by atoms with Crippen molar-refractivity contribution in [3.63, 3.8) is 0 Å². The summed E-state index contributed by atoms with van der Waals surface area (Å²) in [4.78, 5) is 3.36. The summed E-state index contributed by atoms with van der Waals surface area (Å²) in [5, 5.41) is 0. The molecule has 1 aromatic rings. The molecule has 0 saturated heterocycles. The number of hydrogen-bond acceptors (Lipinski definition) is 3. The first-order chi connectivity index (χ1) is 8.45. The van der Waals surface area contributed by atoms with Crippen LogP contribution in [0.2, 0.25) is 0 Å². The van der Waals surface area contributed by atoms with Gasteiger partial charge in [-0.05, 0) is 37.8 Å². The van der Waals surface area contributed by atoms with Crippen LogP contribution in [0.1, 0.15) is 31.4 Å². The van der Waals surface area contributed by atoms with Crippen molar-refractivity contribution in [3.05, 3.63) is 24.0 Å². The average molecular weight is 260 g/mol. The van der Waals surface area contributed by atoms with E-state index in [4.69, 9.17) is 10.5 Å². The molecule has 0 unspecified atom stereocenters. The quantitative estimate of drug-likeness (QED) is 0.889. The van der Waals surface area contributed by atoms with E-state index in [2.05, 4.69) is 4.98 Å². The van der Waals surface area contributed by atoms with E-state index in [0.29, 0.717) is 5.75 Å². The van der Waals surface area contributed by atoms with Gasteiger partial charge in [0, 0.05) is 6.04 Å². The zero-order valence-corrected chi connectivity index (χ0v) is 9.78. The minimum atomic E-state index is -4.41. The fourth-order valence-electron chi connectivity index (χ4n) is 2.02. The molecule has 0 bridgehead atoms. The van der Waals surface area contributed by atoms with E-state index in [1.165, 1.54) is 6.07 Å². The monoisotopic (exact) mass is 260 g/mol. The van der Waals surface area contributed by atoms with Crippen LogP contribution >= 0.6 is 0 Å². The molecule has 1 fully saturated rings. The third-order valence-electron chi connectivity index (χ3n) is 3.05. The Morgan fingerprint density at radius 1 is 1.17 bits per heavy atom. The minimum Gasteiger partial charge on any atom is -0.489 e. The van der Waals surface area contributed by atoms with Gasteiger partial charge in [-0.1, -0.05) is 0 Å². The number of ether oxygens (including phenoxy) is 1. The van der Waals surface area contributed by atoms with E-state index in [9.17, 15) is 13.2 Å². The summed E-state index contributed by atoms with van der Waals surface area (Å²) in [6.07, 6.45) is 0.193. The van der Waals surface area contributed by atoms with Gasteiger partial charge in [0.2, 0.25) is 0 Å². The van der Waals surface area contributed by atoms with Gasteiger partial charge in [-0.25, -0.2) is 4.98 Å². The molecule has 2 rings (SSSR count). The minimum absolute atomic E-state index is 0.0309. The van der Waals surface area contributed by atoms with Crippen molar-refractivity contribution in [3.8, 4) is 5.75 Å². The fourth-order valence-corrected chi connectivity index (χ4v) is 2.02. The molecule has 0 aliphatic heterocycles. The molecule has 6 heteroatoms. The smallest absolute Gasteiger partial charge is 0.433 e. The van der Waals surface area contributed by atoms with Gasteiger partial charge in [0.1, 0.15) is 11.4 Å². The Morgan fingerprint density at radius 3 is 2.33 bits per heavy atom. The highest BCUT2D eigenvalue weighted by atomic mass is 19.4. The second-order valence-electron chi connectivity index (χ2n) is 4.53. The predicted molar refractivity (Wildman–Crippen MR) is 60.1 cm³/mol. The van der Waals surface area contributed by atoms with E-state index in [-0.39, 0.29) is 12.1 Å². The van der Waals surface area contributed by atoms with Crippen molar-refractivity contribution >= 4 is 0 Å². The van der Waals surface area contributed by atoms with Crippen LogP contribution in [0.3, 0.4) is 0 Å². The van der Waals surface area contributed by atoms with Crippen molar-refractivity contribution < 1.29 is 17.9 Å². The number of nitrogens with two attached hydrogens (primary N) is 1. The molecular formula is C12H15F3N2O. The van der Waals surface area contributed by atoms with E-state index < -0.39 is 11.9 Å². The SMILES string of the molecule is NC1CCC(Oc2ccc(C(F)(F)F)nc2)CC1. The van der Waals surface area contributed by atoms with E-state index in [1.54, 1.807) is 0 Å². The summed E-state index contributed by atoms with van der Waals surface area (Å²) in [6.45, 7) is 0. The van der Waals surface area contributed by atoms with Gasteiger partial charge in [-0.2, -0.15) is 13.2 Å². The number of nitrogens with zero attached hydrogens (tertiary/aromatic N) is 1. The van der Waals surface area contributed by atoms with Crippen LogP contribution in [0.5, 0.6) is 5.75 Å². The first-order valence-corrected chi connectivity index (χ1v) is 5.90. The Morgan fingerprint density at radius 2 is 1.83 bits per heavy atom. The van der Waals surface area contributed by atoms with Gasteiger partial charge in [0.25, 0.3) is 0 Å². The lowest BCUT2D eigenvalue weighted by Gasteiger charge is -2.26. The van der Waals surface area contributed by atoms with Crippen LogP contribution in [0.4, 0.5) is 13.2 Å². The highest BCUT2D eigenvalue weighted by Gasteiger charge is 2.32. The molecule has 1 aliphatic carbocycles. The van der Waals surface area contributed by atoms with Crippen LogP contribution in [-0.2, 0) is 6.18 Å². The zero-order chi connectivity index (χ0) is 13.2. The summed E-state index contributed by atoms with van der Waals surface area (Å²) in [7, 11) is 0. The number of aromatic nitrogens is 1. The number of rotatable bonds is 2. The molecule has 3 nitrogen and oxygen atoms in total. The van der Waals surface area contributed by atoms with Crippen molar-refractivity contribution in [1.29, 1.82) is 0 Å². The lowest BCUT2D eigenvalue weighted by molar-refractivity contribution is -0.141. The third kappa shape index (κ3) is 3.35. The molecule has 2 N–H and O–H groups in total. The Kier molecular flexibility index (Phi) is 3.75. The molecule has 0 atom stereocenters. The van der Waals surface area contributed by atoms with E-state index in [0.717, 1.165) is 37.9 Å². The number of pyridine rings is 1. The molecule has 0 spiro atoms. The summed E-state index contributed by atoms with van der Waals surface area (Å²) in [5.41, 5.74) is 4.86. The summed E-state index contributed by atoms with van der Waals surface area (Å²) < 4.78 is 42.5. The second-order valence-corrected chi connectivity index (χ2v) is 4.53. The van der Waals surface area contributed by atoms with Crippen LogP contribution < -0.4 is 10.5 Å². The maximum absolute atomic E-state index is 12.3. The van der Waals surface area contributed by atoms with Crippen molar-refractivity contribution in [1.82, 2.24) is 4.98 Å². The highest BCUT2D eigenvalue weighted by Crippen LogP contribution is 2.29. The number of alkyl halides is 3. The molecule has 1 heterocycles. The molecular weight excluding hydrogens is 245 g/mol. The number of halogens is 3. The fraction of sp³-hybridized carbons (Fsp3) is 0.583. The molecule has 100 valence electrons. The van der Waals surface area contributed by atoms with Gasteiger partial charge < -0.3 is 10.5 Å². The lowest BCUT2D eigenvalue weighted by Crippen LogP contribution is -2.31. The molecule has 0 radical (unpaired) electrons. The van der Waals surface area contributed by atoms with E-state index in [1.807, 2.05) is 0 Å². The van der Waals surface area contributed by atoms with Crippen LogP contribution in [0.15, 0.2) is 18.3 Å².